The van der Waals surface area contributed by atoms with Crippen molar-refractivity contribution < 1.29 is 9.13 Å². The smallest absolute Gasteiger partial charge is 0.126 e. The lowest BCUT2D eigenvalue weighted by molar-refractivity contribution is 0.416. The molecule has 22 heavy (non-hydrogen) atoms. The summed E-state index contributed by atoms with van der Waals surface area (Å²) in [6.07, 6.45) is 0.768. The lowest BCUT2D eigenvalue weighted by atomic mass is 9.98. The number of hydrogen-bond acceptors (Lipinski definition) is 1. The Morgan fingerprint density at radius 2 is 1.50 bits per heavy atom. The van der Waals surface area contributed by atoms with Gasteiger partial charge in [-0.05, 0) is 47.4 Å². The van der Waals surface area contributed by atoms with Crippen LogP contribution in [0, 0.1) is 5.82 Å². The predicted molar refractivity (Wildman–Crippen MR) is 87.6 cm³/mol. The van der Waals surface area contributed by atoms with Crippen molar-refractivity contribution >= 4 is 0 Å². The second-order valence-electron chi connectivity index (χ2n) is 5.20. The van der Waals surface area contributed by atoms with Crippen LogP contribution in [0.15, 0.2) is 72.8 Å². The van der Waals surface area contributed by atoms with Gasteiger partial charge >= 0.3 is 0 Å². The number of methoxy groups -OCH3 is 1. The van der Waals surface area contributed by atoms with Gasteiger partial charge in [-0.15, -0.1) is 0 Å². The lowest BCUT2D eigenvalue weighted by Gasteiger charge is -2.11. The van der Waals surface area contributed by atoms with E-state index in [1.54, 1.807) is 7.11 Å². The van der Waals surface area contributed by atoms with Crippen molar-refractivity contribution in [2.45, 2.75) is 6.42 Å². The zero-order chi connectivity index (χ0) is 15.4. The average molecular weight is 292 g/mol. The van der Waals surface area contributed by atoms with Crippen molar-refractivity contribution in [3.63, 3.8) is 0 Å². The van der Waals surface area contributed by atoms with Gasteiger partial charge in [0.25, 0.3) is 0 Å². The Morgan fingerprint density at radius 3 is 2.18 bits per heavy atom. The van der Waals surface area contributed by atoms with Crippen LogP contribution >= 0.6 is 0 Å². The lowest BCUT2D eigenvalue weighted by Crippen LogP contribution is -1.93. The molecule has 0 saturated carbocycles. The molecule has 1 nitrogen and oxygen atoms in total. The summed E-state index contributed by atoms with van der Waals surface area (Å²) in [5, 5.41) is 0. The van der Waals surface area contributed by atoms with Gasteiger partial charge in [0.15, 0.2) is 0 Å². The van der Waals surface area contributed by atoms with Gasteiger partial charge in [0.2, 0.25) is 0 Å². The van der Waals surface area contributed by atoms with E-state index >= 15 is 0 Å². The van der Waals surface area contributed by atoms with Crippen molar-refractivity contribution in [2.75, 3.05) is 7.11 Å². The molecule has 0 N–H and O–H groups in total. The third kappa shape index (κ3) is 3.17. The topological polar surface area (TPSA) is 9.23 Å². The standard InChI is InChI=1S/C20H17FO/c1-22-20-12-9-16(13-15-7-10-18(21)11-8-15)14-19(20)17-5-3-2-4-6-17/h2-12,14H,13H2,1H3. The first-order valence-corrected chi connectivity index (χ1v) is 7.23. The second kappa shape index (κ2) is 6.44. The van der Waals surface area contributed by atoms with Gasteiger partial charge in [-0.3, -0.25) is 0 Å². The third-order valence-corrected chi connectivity index (χ3v) is 3.67. The molecule has 0 bridgehead atoms. The summed E-state index contributed by atoms with van der Waals surface area (Å²) >= 11 is 0. The maximum Gasteiger partial charge on any atom is 0.126 e. The molecule has 0 atom stereocenters. The molecule has 0 fully saturated rings. The van der Waals surface area contributed by atoms with Gasteiger partial charge in [-0.25, -0.2) is 4.39 Å². The van der Waals surface area contributed by atoms with Crippen LogP contribution in [0.25, 0.3) is 11.1 Å². The number of ether oxygens (including phenoxy) is 1. The highest BCUT2D eigenvalue weighted by molar-refractivity contribution is 5.71. The van der Waals surface area contributed by atoms with Crippen LogP contribution in [-0.2, 0) is 6.42 Å². The quantitative estimate of drug-likeness (QED) is 0.650. The molecule has 0 aliphatic heterocycles. The van der Waals surface area contributed by atoms with E-state index in [2.05, 4.69) is 24.3 Å². The Bertz CT molecular complexity index is 748. The van der Waals surface area contributed by atoms with E-state index in [0.717, 1.165) is 28.9 Å². The van der Waals surface area contributed by atoms with Crippen molar-refractivity contribution in [3.8, 4) is 16.9 Å². The van der Waals surface area contributed by atoms with Crippen LogP contribution in [0.4, 0.5) is 4.39 Å². The van der Waals surface area contributed by atoms with Crippen molar-refractivity contribution in [1.82, 2.24) is 0 Å². The Morgan fingerprint density at radius 1 is 0.818 bits per heavy atom. The molecule has 0 aromatic heterocycles. The minimum atomic E-state index is -0.205. The molecule has 0 amide bonds. The van der Waals surface area contributed by atoms with E-state index in [4.69, 9.17) is 4.74 Å². The van der Waals surface area contributed by atoms with Crippen LogP contribution in [0.2, 0.25) is 0 Å². The molecule has 3 rings (SSSR count). The average Bonchev–Trinajstić information content (AvgIpc) is 2.58. The van der Waals surface area contributed by atoms with E-state index in [1.807, 2.05) is 36.4 Å². The Hall–Kier alpha value is -2.61. The molecule has 2 heteroatoms. The van der Waals surface area contributed by atoms with Crippen LogP contribution in [0.1, 0.15) is 11.1 Å². The Kier molecular flexibility index (Phi) is 4.19. The van der Waals surface area contributed by atoms with Crippen LogP contribution in [-0.4, -0.2) is 7.11 Å². The van der Waals surface area contributed by atoms with Crippen LogP contribution in [0.3, 0.4) is 0 Å². The maximum absolute atomic E-state index is 13.0. The van der Waals surface area contributed by atoms with E-state index in [-0.39, 0.29) is 5.82 Å². The summed E-state index contributed by atoms with van der Waals surface area (Å²) in [4.78, 5) is 0. The maximum atomic E-state index is 13.0. The number of rotatable bonds is 4. The number of hydrogen-bond donors (Lipinski definition) is 0. The highest BCUT2D eigenvalue weighted by atomic mass is 19.1. The fraction of sp³-hybridized carbons (Fsp3) is 0.100. The Balaban J connectivity index is 1.95. The van der Waals surface area contributed by atoms with Crippen molar-refractivity contribution in [2.24, 2.45) is 0 Å². The zero-order valence-electron chi connectivity index (χ0n) is 12.4. The van der Waals surface area contributed by atoms with Crippen molar-refractivity contribution in [3.05, 3.63) is 89.7 Å². The zero-order valence-corrected chi connectivity index (χ0v) is 12.4. The highest BCUT2D eigenvalue weighted by Crippen LogP contribution is 2.31. The molecule has 3 aromatic rings. The first-order valence-electron chi connectivity index (χ1n) is 7.23. The van der Waals surface area contributed by atoms with E-state index in [9.17, 15) is 4.39 Å². The van der Waals surface area contributed by atoms with Crippen LogP contribution in [0.5, 0.6) is 5.75 Å². The predicted octanol–water partition coefficient (Wildman–Crippen LogP) is 5.09. The van der Waals surface area contributed by atoms with E-state index < -0.39 is 0 Å². The number of benzene rings is 3. The minimum Gasteiger partial charge on any atom is -0.496 e. The molecular formula is C20H17FO. The largest absolute Gasteiger partial charge is 0.496 e. The van der Waals surface area contributed by atoms with E-state index in [0.29, 0.717) is 0 Å². The second-order valence-corrected chi connectivity index (χ2v) is 5.20. The summed E-state index contributed by atoms with van der Waals surface area (Å²) in [5.41, 5.74) is 4.46. The molecule has 0 spiro atoms. The SMILES string of the molecule is COc1ccc(Cc2ccc(F)cc2)cc1-c1ccccc1. The van der Waals surface area contributed by atoms with Crippen molar-refractivity contribution in [1.29, 1.82) is 0 Å². The fourth-order valence-electron chi connectivity index (χ4n) is 2.55. The third-order valence-electron chi connectivity index (χ3n) is 3.67. The highest BCUT2D eigenvalue weighted by Gasteiger charge is 2.07. The molecule has 0 radical (unpaired) electrons. The van der Waals surface area contributed by atoms with Gasteiger partial charge in [-0.2, -0.15) is 0 Å². The van der Waals surface area contributed by atoms with Crippen LogP contribution < -0.4 is 4.74 Å². The summed E-state index contributed by atoms with van der Waals surface area (Å²) in [5.74, 6) is 0.650. The molecule has 0 unspecified atom stereocenters. The molecule has 0 saturated heterocycles. The normalized spacial score (nSPS) is 10.5. The van der Waals surface area contributed by atoms with E-state index in [1.165, 1.54) is 17.7 Å². The molecular weight excluding hydrogens is 275 g/mol. The molecule has 0 aliphatic rings. The summed E-state index contributed by atoms with van der Waals surface area (Å²) < 4.78 is 18.5. The molecule has 0 aliphatic carbocycles. The molecule has 110 valence electrons. The monoisotopic (exact) mass is 292 g/mol. The van der Waals surface area contributed by atoms with Gasteiger partial charge in [0.1, 0.15) is 11.6 Å². The molecule has 0 heterocycles. The fourth-order valence-corrected chi connectivity index (χ4v) is 2.55. The summed E-state index contributed by atoms with van der Waals surface area (Å²) in [6.45, 7) is 0. The van der Waals surface area contributed by atoms with Gasteiger partial charge in [-0.1, -0.05) is 48.5 Å². The first-order chi connectivity index (χ1) is 10.8. The number of halogens is 1. The summed E-state index contributed by atoms with van der Waals surface area (Å²) in [6, 6.07) is 23.0. The minimum absolute atomic E-state index is 0.205. The van der Waals surface area contributed by atoms with Gasteiger partial charge < -0.3 is 4.74 Å². The van der Waals surface area contributed by atoms with Gasteiger partial charge in [0, 0.05) is 5.56 Å². The van der Waals surface area contributed by atoms with Gasteiger partial charge in [0.05, 0.1) is 7.11 Å². The summed E-state index contributed by atoms with van der Waals surface area (Å²) in [7, 11) is 1.68. The Labute approximate surface area is 130 Å². The first kappa shape index (κ1) is 14.3. The molecule has 3 aromatic carbocycles.